The number of nitrogens with one attached hydrogen (secondary N) is 2. The summed E-state index contributed by atoms with van der Waals surface area (Å²) in [6, 6.07) is 8.96. The number of hydrogen-bond donors (Lipinski definition) is 3. The Balaban J connectivity index is 1.80. The molecule has 0 fully saturated rings. The van der Waals surface area contributed by atoms with Crippen molar-refractivity contribution in [3.63, 3.8) is 0 Å². The van der Waals surface area contributed by atoms with Crippen LogP contribution in [-0.4, -0.2) is 48.7 Å². The smallest absolute Gasteiger partial charge is 0.416 e. The van der Waals surface area contributed by atoms with Crippen LogP contribution >= 0.6 is 0 Å². The highest BCUT2D eigenvalue weighted by atomic mass is 19.4. The van der Waals surface area contributed by atoms with Gasteiger partial charge in [0.15, 0.2) is 6.10 Å². The molecule has 1 aliphatic rings. The number of carbonyl (C=O) groups excluding carboxylic acids is 3. The number of amides is 2. The molecule has 8 nitrogen and oxygen atoms in total. The molecule has 0 aromatic heterocycles. The van der Waals surface area contributed by atoms with Gasteiger partial charge in [-0.2, -0.15) is 13.2 Å². The van der Waals surface area contributed by atoms with Gasteiger partial charge in [-0.05, 0) is 37.3 Å². The second kappa shape index (κ2) is 9.27. The predicted octanol–water partition coefficient (Wildman–Crippen LogP) is 2.64. The first-order valence-electron chi connectivity index (χ1n) is 9.59. The molecule has 0 unspecified atom stereocenters. The Bertz CT molecular complexity index is 1040. The molecule has 3 N–H and O–H groups in total. The SMILES string of the molecule is C[C@@H](OC(=O)c1ccccc1NCCO)C(=O)N1CC(=O)Nc2cc(C(F)(F)F)ccc21. The van der Waals surface area contributed by atoms with E-state index in [2.05, 4.69) is 10.6 Å². The van der Waals surface area contributed by atoms with Crippen molar-refractivity contribution in [2.24, 2.45) is 0 Å². The van der Waals surface area contributed by atoms with E-state index in [0.717, 1.165) is 23.1 Å². The molecule has 0 radical (unpaired) electrons. The van der Waals surface area contributed by atoms with E-state index in [1.165, 1.54) is 13.0 Å². The predicted molar refractivity (Wildman–Crippen MR) is 109 cm³/mol. The summed E-state index contributed by atoms with van der Waals surface area (Å²) in [5.41, 5.74) is -0.546. The molecular formula is C21H20F3N3O5. The minimum absolute atomic E-state index is 0.0653. The van der Waals surface area contributed by atoms with Crippen LogP contribution in [0.5, 0.6) is 0 Å². The Morgan fingerprint density at radius 2 is 1.97 bits per heavy atom. The van der Waals surface area contributed by atoms with E-state index in [4.69, 9.17) is 9.84 Å². The molecule has 0 bridgehead atoms. The van der Waals surface area contributed by atoms with Crippen molar-refractivity contribution in [2.45, 2.75) is 19.2 Å². The van der Waals surface area contributed by atoms with Crippen LogP contribution in [0.2, 0.25) is 0 Å². The number of carbonyl (C=O) groups is 3. The number of ether oxygens (including phenoxy) is 1. The first kappa shape index (κ1) is 23.1. The number of fused-ring (bicyclic) bond motifs is 1. The molecule has 1 atom stereocenters. The number of aliphatic hydroxyl groups excluding tert-OH is 1. The Labute approximate surface area is 181 Å². The molecular weight excluding hydrogens is 431 g/mol. The molecule has 1 heterocycles. The number of halogens is 3. The highest BCUT2D eigenvalue weighted by Crippen LogP contribution is 2.37. The average Bonchev–Trinajstić information content (AvgIpc) is 2.75. The third-order valence-corrected chi connectivity index (χ3v) is 4.66. The Morgan fingerprint density at radius 1 is 1.25 bits per heavy atom. The molecule has 0 spiro atoms. The van der Waals surface area contributed by atoms with E-state index in [1.807, 2.05) is 0 Å². The number of hydrogen-bond acceptors (Lipinski definition) is 6. The zero-order valence-electron chi connectivity index (χ0n) is 16.9. The van der Waals surface area contributed by atoms with Crippen LogP contribution < -0.4 is 15.5 Å². The van der Waals surface area contributed by atoms with Gasteiger partial charge < -0.3 is 20.5 Å². The van der Waals surface area contributed by atoms with E-state index >= 15 is 0 Å². The van der Waals surface area contributed by atoms with Crippen LogP contribution in [0.3, 0.4) is 0 Å². The van der Waals surface area contributed by atoms with Crippen molar-refractivity contribution in [2.75, 3.05) is 35.2 Å². The molecule has 0 saturated carbocycles. The largest absolute Gasteiger partial charge is 0.449 e. The molecule has 170 valence electrons. The van der Waals surface area contributed by atoms with E-state index in [9.17, 15) is 27.6 Å². The zero-order chi connectivity index (χ0) is 23.5. The minimum Gasteiger partial charge on any atom is -0.449 e. The lowest BCUT2D eigenvalue weighted by Crippen LogP contribution is -2.47. The summed E-state index contributed by atoms with van der Waals surface area (Å²) in [4.78, 5) is 38.5. The molecule has 0 aliphatic carbocycles. The van der Waals surface area contributed by atoms with E-state index in [1.54, 1.807) is 18.2 Å². The number of rotatable bonds is 6. The monoisotopic (exact) mass is 451 g/mol. The van der Waals surface area contributed by atoms with Crippen LogP contribution in [0.25, 0.3) is 0 Å². The summed E-state index contributed by atoms with van der Waals surface area (Å²) in [6.07, 6.45) is -5.94. The van der Waals surface area contributed by atoms with E-state index in [0.29, 0.717) is 5.69 Å². The number of alkyl halides is 3. The second-order valence-corrected chi connectivity index (χ2v) is 6.95. The number of benzene rings is 2. The second-order valence-electron chi connectivity index (χ2n) is 6.95. The fourth-order valence-corrected chi connectivity index (χ4v) is 3.16. The van der Waals surface area contributed by atoms with Gasteiger partial charge in [0, 0.05) is 12.2 Å². The summed E-state index contributed by atoms with van der Waals surface area (Å²) >= 11 is 0. The van der Waals surface area contributed by atoms with Gasteiger partial charge in [0.2, 0.25) is 5.91 Å². The first-order chi connectivity index (χ1) is 15.1. The third kappa shape index (κ3) is 4.99. The highest BCUT2D eigenvalue weighted by Gasteiger charge is 2.35. The van der Waals surface area contributed by atoms with Crippen LogP contribution in [0.4, 0.5) is 30.2 Å². The third-order valence-electron chi connectivity index (χ3n) is 4.66. The number of anilines is 3. The van der Waals surface area contributed by atoms with Crippen molar-refractivity contribution in [3.8, 4) is 0 Å². The van der Waals surface area contributed by atoms with Gasteiger partial charge in [-0.25, -0.2) is 4.79 Å². The van der Waals surface area contributed by atoms with Crippen LogP contribution in [-0.2, 0) is 20.5 Å². The topological polar surface area (TPSA) is 108 Å². The normalized spacial score (nSPS) is 14.3. The molecule has 2 aromatic carbocycles. The van der Waals surface area contributed by atoms with Gasteiger partial charge in [0.1, 0.15) is 6.54 Å². The maximum Gasteiger partial charge on any atom is 0.416 e. The Hall–Kier alpha value is -3.60. The molecule has 2 amide bonds. The van der Waals surface area contributed by atoms with Crippen molar-refractivity contribution < 1.29 is 37.4 Å². The fraction of sp³-hybridized carbons (Fsp3) is 0.286. The summed E-state index contributed by atoms with van der Waals surface area (Å²) in [6.45, 7) is 0.900. The molecule has 11 heteroatoms. The first-order valence-corrected chi connectivity index (χ1v) is 9.59. The fourth-order valence-electron chi connectivity index (χ4n) is 3.16. The number of esters is 1. The van der Waals surface area contributed by atoms with Crippen molar-refractivity contribution in [1.82, 2.24) is 0 Å². The Kier molecular flexibility index (Phi) is 6.68. The summed E-state index contributed by atoms with van der Waals surface area (Å²) in [5, 5.41) is 14.1. The van der Waals surface area contributed by atoms with Crippen LogP contribution in [0.1, 0.15) is 22.8 Å². The lowest BCUT2D eigenvalue weighted by atomic mass is 10.1. The molecule has 0 saturated heterocycles. The van der Waals surface area contributed by atoms with E-state index < -0.39 is 42.2 Å². The Morgan fingerprint density at radius 3 is 2.66 bits per heavy atom. The van der Waals surface area contributed by atoms with Gasteiger partial charge in [0.05, 0.1) is 29.1 Å². The molecule has 2 aromatic rings. The van der Waals surface area contributed by atoms with Gasteiger partial charge in [-0.1, -0.05) is 12.1 Å². The van der Waals surface area contributed by atoms with Crippen molar-refractivity contribution in [3.05, 3.63) is 53.6 Å². The lowest BCUT2D eigenvalue weighted by Gasteiger charge is -2.31. The average molecular weight is 451 g/mol. The highest BCUT2D eigenvalue weighted by molar-refractivity contribution is 6.11. The van der Waals surface area contributed by atoms with Gasteiger partial charge in [-0.3, -0.25) is 14.5 Å². The van der Waals surface area contributed by atoms with Crippen LogP contribution in [0.15, 0.2) is 42.5 Å². The molecule has 32 heavy (non-hydrogen) atoms. The maximum atomic E-state index is 13.0. The standard InChI is InChI=1S/C21H20F3N3O5/c1-12(32-20(31)14-4-2-3-5-15(14)25-8-9-28)19(30)27-11-18(29)26-16-10-13(21(22,23)24)6-7-17(16)27/h2-7,10,12,25,28H,8-9,11H2,1H3,(H,26,29)/t12-/m1/s1. The van der Waals surface area contributed by atoms with Gasteiger partial charge in [0.25, 0.3) is 5.91 Å². The summed E-state index contributed by atoms with van der Waals surface area (Å²) in [5.74, 6) is -2.27. The molecule has 3 rings (SSSR count). The minimum atomic E-state index is -4.62. The number of nitrogens with zero attached hydrogens (tertiary/aromatic N) is 1. The quantitative estimate of drug-likeness (QED) is 0.583. The molecule has 1 aliphatic heterocycles. The lowest BCUT2D eigenvalue weighted by molar-refractivity contribution is -0.137. The summed E-state index contributed by atoms with van der Waals surface area (Å²) in [7, 11) is 0. The van der Waals surface area contributed by atoms with Gasteiger partial charge in [-0.15, -0.1) is 0 Å². The van der Waals surface area contributed by atoms with Crippen LogP contribution in [0, 0.1) is 0 Å². The van der Waals surface area contributed by atoms with Crippen molar-refractivity contribution in [1.29, 1.82) is 0 Å². The maximum absolute atomic E-state index is 13.0. The van der Waals surface area contributed by atoms with Gasteiger partial charge >= 0.3 is 12.1 Å². The van der Waals surface area contributed by atoms with Crippen molar-refractivity contribution >= 4 is 34.8 Å². The number of aliphatic hydroxyl groups is 1. The summed E-state index contributed by atoms with van der Waals surface area (Å²) < 4.78 is 44.2. The van der Waals surface area contributed by atoms with E-state index in [-0.39, 0.29) is 30.1 Å². The zero-order valence-corrected chi connectivity index (χ0v) is 16.9. The number of para-hydroxylation sites is 1.